The van der Waals surface area contributed by atoms with Crippen molar-refractivity contribution in [2.45, 2.75) is 67.9 Å². The molecule has 5 atom stereocenters. The molecule has 0 spiro atoms. The SMILES string of the molecule is C[C@H]1O[C@@H](c2ccc3c(c2OCc2ccccc2)C(S(=O)(=O)c2ccccc2)OC3=O)C[C@@H](OCc2ccccc2)[C@@H]1OCc1ccccc1. The van der Waals surface area contributed by atoms with Gasteiger partial charge in [-0.25, -0.2) is 13.2 Å². The number of carbonyl (C=O) groups excluding carboxylic acids is 1. The molecule has 50 heavy (non-hydrogen) atoms. The van der Waals surface area contributed by atoms with Crippen molar-refractivity contribution >= 4 is 15.8 Å². The third-order valence-corrected chi connectivity index (χ3v) is 10.9. The fourth-order valence-electron chi connectivity index (χ4n) is 6.53. The van der Waals surface area contributed by atoms with Crippen molar-refractivity contribution in [3.63, 3.8) is 0 Å². The number of sulfone groups is 1. The third kappa shape index (κ3) is 7.22. The van der Waals surface area contributed by atoms with E-state index in [0.29, 0.717) is 25.2 Å². The molecule has 9 heteroatoms. The zero-order valence-corrected chi connectivity index (χ0v) is 28.4. The van der Waals surface area contributed by atoms with Crippen LogP contribution in [0.5, 0.6) is 5.75 Å². The molecule has 256 valence electrons. The summed E-state index contributed by atoms with van der Waals surface area (Å²) in [4.78, 5) is 13.3. The first-order valence-electron chi connectivity index (χ1n) is 16.7. The van der Waals surface area contributed by atoms with Gasteiger partial charge >= 0.3 is 5.97 Å². The van der Waals surface area contributed by atoms with Crippen LogP contribution >= 0.6 is 0 Å². The Bertz CT molecular complexity index is 2000. The number of ether oxygens (including phenoxy) is 5. The van der Waals surface area contributed by atoms with Crippen molar-refractivity contribution < 1.29 is 36.9 Å². The lowest BCUT2D eigenvalue weighted by Gasteiger charge is -2.41. The van der Waals surface area contributed by atoms with Crippen LogP contribution < -0.4 is 4.74 Å². The fourth-order valence-corrected chi connectivity index (χ4v) is 8.08. The first-order valence-corrected chi connectivity index (χ1v) is 18.2. The lowest BCUT2D eigenvalue weighted by atomic mass is 9.91. The topological polar surface area (TPSA) is 97.4 Å². The number of esters is 1. The quantitative estimate of drug-likeness (QED) is 0.122. The molecule has 0 aliphatic carbocycles. The number of cyclic esters (lactones) is 1. The van der Waals surface area contributed by atoms with Crippen molar-refractivity contribution in [3.05, 3.63) is 167 Å². The summed E-state index contributed by atoms with van der Waals surface area (Å²) in [5.41, 5.74) is 2.27. The Hall–Kier alpha value is -4.80. The van der Waals surface area contributed by atoms with Gasteiger partial charge in [0.25, 0.3) is 0 Å². The molecule has 2 aliphatic heterocycles. The second kappa shape index (κ2) is 15.0. The molecule has 2 aliphatic rings. The highest BCUT2D eigenvalue weighted by Crippen LogP contribution is 2.48. The molecule has 5 aromatic carbocycles. The molecule has 0 bridgehead atoms. The van der Waals surface area contributed by atoms with Crippen LogP contribution in [0.15, 0.2) is 138 Å². The fraction of sp³-hybridized carbons (Fsp3) is 0.244. The van der Waals surface area contributed by atoms with Gasteiger partial charge in [-0.15, -0.1) is 0 Å². The van der Waals surface area contributed by atoms with Crippen LogP contribution in [-0.4, -0.2) is 32.7 Å². The summed E-state index contributed by atoms with van der Waals surface area (Å²) in [6, 6.07) is 40.8. The van der Waals surface area contributed by atoms with Crippen LogP contribution in [-0.2, 0) is 48.6 Å². The van der Waals surface area contributed by atoms with Gasteiger partial charge in [-0.3, -0.25) is 0 Å². The van der Waals surface area contributed by atoms with Crippen molar-refractivity contribution in [2.24, 2.45) is 0 Å². The molecule has 1 unspecified atom stereocenters. The summed E-state index contributed by atoms with van der Waals surface area (Å²) in [7, 11) is -4.15. The Balaban J connectivity index is 1.26. The van der Waals surface area contributed by atoms with E-state index >= 15 is 0 Å². The van der Waals surface area contributed by atoms with Gasteiger partial charge in [0.15, 0.2) is 0 Å². The molecule has 2 heterocycles. The van der Waals surface area contributed by atoms with Crippen LogP contribution in [0.3, 0.4) is 0 Å². The Labute approximate surface area is 292 Å². The van der Waals surface area contributed by atoms with E-state index in [1.54, 1.807) is 30.3 Å². The summed E-state index contributed by atoms with van der Waals surface area (Å²) < 4.78 is 59.9. The zero-order valence-electron chi connectivity index (χ0n) is 27.6. The van der Waals surface area contributed by atoms with Crippen molar-refractivity contribution in [1.82, 2.24) is 0 Å². The molecule has 1 fully saturated rings. The second-order valence-electron chi connectivity index (χ2n) is 12.5. The number of hydrogen-bond acceptors (Lipinski definition) is 8. The minimum atomic E-state index is -4.15. The van der Waals surface area contributed by atoms with Gasteiger partial charge in [-0.05, 0) is 41.8 Å². The predicted octanol–water partition coefficient (Wildman–Crippen LogP) is 7.93. The normalized spacial score (nSPS) is 21.7. The Morgan fingerprint density at radius 1 is 0.680 bits per heavy atom. The number of fused-ring (bicyclic) bond motifs is 1. The van der Waals surface area contributed by atoms with E-state index in [1.807, 2.05) is 97.9 Å². The van der Waals surface area contributed by atoms with E-state index in [9.17, 15) is 13.2 Å². The summed E-state index contributed by atoms with van der Waals surface area (Å²) >= 11 is 0. The minimum Gasteiger partial charge on any atom is -0.488 e. The van der Waals surface area contributed by atoms with Crippen LogP contribution in [0.1, 0.15) is 63.1 Å². The van der Waals surface area contributed by atoms with Gasteiger partial charge in [0.05, 0.1) is 47.5 Å². The number of benzene rings is 5. The highest BCUT2D eigenvalue weighted by atomic mass is 32.2. The van der Waals surface area contributed by atoms with Gasteiger partial charge in [0.1, 0.15) is 18.5 Å². The van der Waals surface area contributed by atoms with E-state index in [1.165, 1.54) is 12.1 Å². The molecular weight excluding hydrogens is 653 g/mol. The lowest BCUT2D eigenvalue weighted by Crippen LogP contribution is -2.47. The average Bonchev–Trinajstić information content (AvgIpc) is 3.51. The van der Waals surface area contributed by atoms with Crippen molar-refractivity contribution in [1.29, 1.82) is 0 Å². The van der Waals surface area contributed by atoms with Gasteiger partial charge in [-0.1, -0.05) is 115 Å². The number of carbonyl (C=O) groups is 1. The summed E-state index contributed by atoms with van der Waals surface area (Å²) in [5.74, 6) is -0.471. The smallest absolute Gasteiger partial charge is 0.340 e. The van der Waals surface area contributed by atoms with E-state index in [-0.39, 0.29) is 34.5 Å². The highest BCUT2D eigenvalue weighted by molar-refractivity contribution is 7.91. The van der Waals surface area contributed by atoms with E-state index in [2.05, 4.69) is 0 Å². The molecule has 0 amide bonds. The van der Waals surface area contributed by atoms with Crippen LogP contribution in [0.25, 0.3) is 0 Å². The first kappa shape index (κ1) is 33.7. The van der Waals surface area contributed by atoms with E-state index in [0.717, 1.165) is 16.7 Å². The molecule has 7 rings (SSSR count). The van der Waals surface area contributed by atoms with Crippen molar-refractivity contribution in [3.8, 4) is 5.75 Å². The number of hydrogen-bond donors (Lipinski definition) is 0. The summed E-state index contributed by atoms with van der Waals surface area (Å²) in [5, 5.41) is 0. The van der Waals surface area contributed by atoms with Gasteiger partial charge in [0, 0.05) is 12.0 Å². The molecule has 0 aromatic heterocycles. The van der Waals surface area contributed by atoms with Crippen LogP contribution in [0, 0.1) is 0 Å². The Kier molecular flexibility index (Phi) is 10.1. The molecule has 0 saturated carbocycles. The van der Waals surface area contributed by atoms with Gasteiger partial charge in [0.2, 0.25) is 15.3 Å². The largest absolute Gasteiger partial charge is 0.488 e. The number of rotatable bonds is 12. The molecule has 5 aromatic rings. The summed E-state index contributed by atoms with van der Waals surface area (Å²) in [6.07, 6.45) is -1.37. The van der Waals surface area contributed by atoms with Gasteiger partial charge < -0.3 is 23.7 Å². The Morgan fingerprint density at radius 3 is 1.82 bits per heavy atom. The minimum absolute atomic E-state index is 0.0420. The Morgan fingerprint density at radius 2 is 1.22 bits per heavy atom. The molecule has 0 radical (unpaired) electrons. The molecule has 0 N–H and O–H groups in total. The second-order valence-corrected chi connectivity index (χ2v) is 14.5. The molecule has 1 saturated heterocycles. The third-order valence-electron chi connectivity index (χ3n) is 9.07. The van der Waals surface area contributed by atoms with E-state index in [4.69, 9.17) is 23.7 Å². The summed E-state index contributed by atoms with van der Waals surface area (Å²) in [6.45, 7) is 2.85. The predicted molar refractivity (Wildman–Crippen MR) is 187 cm³/mol. The molecule has 8 nitrogen and oxygen atoms in total. The highest BCUT2D eigenvalue weighted by Gasteiger charge is 2.46. The van der Waals surface area contributed by atoms with Gasteiger partial charge in [-0.2, -0.15) is 0 Å². The maximum Gasteiger partial charge on any atom is 0.340 e. The van der Waals surface area contributed by atoms with E-state index < -0.39 is 39.6 Å². The average molecular weight is 691 g/mol. The zero-order chi connectivity index (χ0) is 34.5. The monoisotopic (exact) mass is 690 g/mol. The van der Waals surface area contributed by atoms with Crippen molar-refractivity contribution in [2.75, 3.05) is 0 Å². The maximum atomic E-state index is 14.0. The standard InChI is InChI=1S/C41H38O8S/c1-28-38(46-26-30-16-8-3-9-17-30)36(45-25-29-14-6-2-7-15-29)24-35(48-28)33-22-23-34-37(39(33)47-27-31-18-10-4-11-19-31)41(49-40(34)42)50(43,44)32-20-12-5-13-21-32/h2-23,28,35-36,38,41H,24-27H2,1H3/t28-,35-,36-,38-,41?/m1/s1. The maximum absolute atomic E-state index is 14.0. The molecular formula is C41H38O8S. The van der Waals surface area contributed by atoms with Crippen LogP contribution in [0.2, 0.25) is 0 Å². The van der Waals surface area contributed by atoms with Crippen LogP contribution in [0.4, 0.5) is 0 Å². The lowest BCUT2D eigenvalue weighted by molar-refractivity contribution is -0.204. The first-order chi connectivity index (χ1) is 24.4.